The van der Waals surface area contributed by atoms with E-state index in [1.165, 1.54) is 35.1 Å². The molecule has 2 aliphatic carbocycles. The van der Waals surface area contributed by atoms with Crippen LogP contribution in [0.3, 0.4) is 0 Å². The molecule has 9 nitrogen and oxygen atoms in total. The Morgan fingerprint density at radius 3 is 2.69 bits per heavy atom. The van der Waals surface area contributed by atoms with Crippen molar-refractivity contribution in [2.24, 2.45) is 5.92 Å². The third kappa shape index (κ3) is 7.27. The summed E-state index contributed by atoms with van der Waals surface area (Å²) in [6.07, 6.45) is 10.0. The van der Waals surface area contributed by atoms with Gasteiger partial charge in [-0.05, 0) is 75.5 Å². The molecule has 6 rings (SSSR count). The Labute approximate surface area is 261 Å². The molecule has 2 saturated carbocycles. The van der Waals surface area contributed by atoms with Crippen LogP contribution < -0.4 is 15.5 Å². The zero-order valence-corrected chi connectivity index (χ0v) is 25.5. The summed E-state index contributed by atoms with van der Waals surface area (Å²) in [4.78, 5) is 44.6. The fraction of sp³-hybridized carbons (Fsp3) is 0.429. The number of carbonyl (C=O) groups excluding carboxylic acids is 2. The number of benzene rings is 2. The average molecular weight is 615 g/mol. The van der Waals surface area contributed by atoms with Crippen molar-refractivity contribution < 1.29 is 28.3 Å². The first-order valence-corrected chi connectivity index (χ1v) is 15.9. The fourth-order valence-electron chi connectivity index (χ4n) is 6.37. The standard InChI is InChI=1S/C35H39FN4O5/c1-21-6-2-3-8-24(21)16-22-7-5-14-40(15-13-22)31-19-28(36)27(32(41)37-26-10-4-9-25(17-26)35(43)44)18-29(31)38-33(42)30-20-45-34(39-30)23-11-12-23/h2-3,6-8,18-20,23,25-26H,4-5,9-17H2,1H3,(H,37,41)(H,38,42)(H,43,44). The van der Waals surface area contributed by atoms with Crippen LogP contribution in [-0.4, -0.2) is 47.0 Å². The number of aliphatic carboxylic acids is 1. The maximum atomic E-state index is 15.7. The van der Waals surface area contributed by atoms with Gasteiger partial charge in [0.25, 0.3) is 11.8 Å². The Kier molecular flexibility index (Phi) is 9.00. The van der Waals surface area contributed by atoms with Crippen LogP contribution in [0.2, 0.25) is 0 Å². The number of oxazole rings is 1. The molecule has 2 unspecified atom stereocenters. The van der Waals surface area contributed by atoms with E-state index in [1.807, 2.05) is 17.0 Å². The van der Waals surface area contributed by atoms with Crippen LogP contribution in [0.5, 0.6) is 0 Å². The van der Waals surface area contributed by atoms with Gasteiger partial charge in [0.1, 0.15) is 12.1 Å². The van der Waals surface area contributed by atoms with Gasteiger partial charge in [-0.2, -0.15) is 0 Å². The highest BCUT2D eigenvalue weighted by molar-refractivity contribution is 6.06. The third-order valence-electron chi connectivity index (χ3n) is 9.17. The number of carboxylic acids is 1. The number of nitrogens with zero attached hydrogens (tertiary/aromatic N) is 2. The van der Waals surface area contributed by atoms with Crippen molar-refractivity contribution in [2.75, 3.05) is 23.3 Å². The molecule has 1 aliphatic heterocycles. The van der Waals surface area contributed by atoms with Crippen LogP contribution in [0.4, 0.5) is 15.8 Å². The van der Waals surface area contributed by atoms with E-state index in [0.717, 1.165) is 32.1 Å². The lowest BCUT2D eigenvalue weighted by Crippen LogP contribution is -2.40. The molecule has 3 aliphatic rings. The summed E-state index contributed by atoms with van der Waals surface area (Å²) in [6.45, 7) is 3.33. The summed E-state index contributed by atoms with van der Waals surface area (Å²) in [5.74, 6) is -2.51. The zero-order chi connectivity index (χ0) is 31.5. The molecule has 2 aromatic carbocycles. The van der Waals surface area contributed by atoms with Gasteiger partial charge in [0.15, 0.2) is 11.6 Å². The zero-order valence-electron chi connectivity index (χ0n) is 25.5. The highest BCUT2D eigenvalue weighted by Crippen LogP contribution is 2.39. The van der Waals surface area contributed by atoms with Gasteiger partial charge in [-0.3, -0.25) is 14.4 Å². The molecule has 236 valence electrons. The van der Waals surface area contributed by atoms with Crippen molar-refractivity contribution in [3.05, 3.63) is 88.4 Å². The van der Waals surface area contributed by atoms with Gasteiger partial charge in [0.2, 0.25) is 0 Å². The van der Waals surface area contributed by atoms with E-state index in [4.69, 9.17) is 4.42 Å². The molecule has 2 fully saturated rings. The molecule has 45 heavy (non-hydrogen) atoms. The SMILES string of the molecule is Cc1ccccc1CC1=CCCN(c2cc(F)c(C(=O)NC3CCCC(C(=O)O)C3)cc2NC(=O)c2coc(C3CC3)n2)CC1. The number of hydrogen-bond acceptors (Lipinski definition) is 6. The highest BCUT2D eigenvalue weighted by atomic mass is 19.1. The number of carbonyl (C=O) groups is 3. The number of hydrogen-bond donors (Lipinski definition) is 3. The molecule has 0 radical (unpaired) electrons. The number of aryl methyl sites for hydroxylation is 1. The summed E-state index contributed by atoms with van der Waals surface area (Å²) in [6, 6.07) is 10.6. The molecule has 2 atom stereocenters. The van der Waals surface area contributed by atoms with Crippen molar-refractivity contribution in [3.8, 4) is 0 Å². The summed E-state index contributed by atoms with van der Waals surface area (Å²) < 4.78 is 21.2. The Morgan fingerprint density at radius 1 is 1.09 bits per heavy atom. The van der Waals surface area contributed by atoms with E-state index in [-0.39, 0.29) is 23.2 Å². The number of amides is 2. The topological polar surface area (TPSA) is 125 Å². The van der Waals surface area contributed by atoms with Crippen molar-refractivity contribution in [1.29, 1.82) is 0 Å². The third-order valence-corrected chi connectivity index (χ3v) is 9.17. The molecule has 2 amide bonds. The van der Waals surface area contributed by atoms with Gasteiger partial charge in [0, 0.05) is 31.1 Å². The van der Waals surface area contributed by atoms with E-state index in [0.29, 0.717) is 56.0 Å². The predicted octanol–water partition coefficient (Wildman–Crippen LogP) is 6.39. The Morgan fingerprint density at radius 2 is 1.91 bits per heavy atom. The van der Waals surface area contributed by atoms with Crippen molar-refractivity contribution >= 4 is 29.2 Å². The fourth-order valence-corrected chi connectivity index (χ4v) is 6.37. The lowest BCUT2D eigenvalue weighted by molar-refractivity contribution is -0.143. The largest absolute Gasteiger partial charge is 0.481 e. The van der Waals surface area contributed by atoms with Crippen LogP contribution in [0.1, 0.15) is 95.1 Å². The van der Waals surface area contributed by atoms with Crippen LogP contribution in [-0.2, 0) is 11.2 Å². The van der Waals surface area contributed by atoms with E-state index in [2.05, 4.69) is 40.8 Å². The second-order valence-electron chi connectivity index (χ2n) is 12.5. The van der Waals surface area contributed by atoms with Gasteiger partial charge in [-0.15, -0.1) is 0 Å². The highest BCUT2D eigenvalue weighted by Gasteiger charge is 2.31. The summed E-state index contributed by atoms with van der Waals surface area (Å²) in [5, 5.41) is 15.2. The van der Waals surface area contributed by atoms with E-state index in [1.54, 1.807) is 0 Å². The minimum Gasteiger partial charge on any atom is -0.481 e. The van der Waals surface area contributed by atoms with E-state index < -0.39 is 29.5 Å². The first-order valence-electron chi connectivity index (χ1n) is 15.9. The lowest BCUT2D eigenvalue weighted by atomic mass is 9.85. The van der Waals surface area contributed by atoms with E-state index >= 15 is 4.39 Å². The van der Waals surface area contributed by atoms with Gasteiger partial charge in [-0.1, -0.05) is 42.3 Å². The quantitative estimate of drug-likeness (QED) is 0.239. The molecule has 1 aromatic heterocycles. The summed E-state index contributed by atoms with van der Waals surface area (Å²) in [7, 11) is 0. The van der Waals surface area contributed by atoms with Crippen molar-refractivity contribution in [3.63, 3.8) is 0 Å². The monoisotopic (exact) mass is 614 g/mol. The Hall–Kier alpha value is -4.47. The van der Waals surface area contributed by atoms with Crippen LogP contribution in [0, 0.1) is 18.7 Å². The molecule has 0 bridgehead atoms. The molecule has 3 aromatic rings. The molecular weight excluding hydrogens is 575 g/mol. The van der Waals surface area contributed by atoms with Gasteiger partial charge in [0.05, 0.1) is 22.9 Å². The van der Waals surface area contributed by atoms with Crippen molar-refractivity contribution in [2.45, 2.75) is 76.7 Å². The van der Waals surface area contributed by atoms with Crippen LogP contribution in [0.15, 0.2) is 58.7 Å². The van der Waals surface area contributed by atoms with Crippen LogP contribution in [0.25, 0.3) is 0 Å². The van der Waals surface area contributed by atoms with Crippen molar-refractivity contribution in [1.82, 2.24) is 10.3 Å². The summed E-state index contributed by atoms with van der Waals surface area (Å²) in [5.41, 5.74) is 4.52. The molecule has 2 heterocycles. The maximum absolute atomic E-state index is 15.7. The molecule has 0 saturated heterocycles. The van der Waals surface area contributed by atoms with E-state index in [9.17, 15) is 19.5 Å². The minimum absolute atomic E-state index is 0.123. The smallest absolute Gasteiger partial charge is 0.306 e. The summed E-state index contributed by atoms with van der Waals surface area (Å²) >= 11 is 0. The van der Waals surface area contributed by atoms with Crippen LogP contribution >= 0.6 is 0 Å². The Bertz CT molecular complexity index is 1630. The molecule has 0 spiro atoms. The van der Waals surface area contributed by atoms with Gasteiger partial charge >= 0.3 is 5.97 Å². The predicted molar refractivity (Wildman–Crippen MR) is 168 cm³/mol. The Balaban J connectivity index is 1.23. The second-order valence-corrected chi connectivity index (χ2v) is 12.5. The molecule has 10 heteroatoms. The van der Waals surface area contributed by atoms with Gasteiger partial charge < -0.3 is 25.1 Å². The minimum atomic E-state index is -0.888. The number of nitrogens with one attached hydrogen (secondary N) is 2. The molecular formula is C35H39FN4O5. The number of aromatic nitrogens is 1. The second kappa shape index (κ2) is 13.3. The lowest BCUT2D eigenvalue weighted by Gasteiger charge is -2.28. The van der Waals surface area contributed by atoms with Gasteiger partial charge in [-0.25, -0.2) is 9.37 Å². The molecule has 3 N–H and O–H groups in total. The normalized spacial score (nSPS) is 20.2. The average Bonchev–Trinajstić information content (AvgIpc) is 3.80. The first kappa shape index (κ1) is 30.6. The maximum Gasteiger partial charge on any atom is 0.306 e. The number of rotatable bonds is 9. The number of carboxylic acid groups (broad SMARTS) is 1. The number of halogens is 1. The number of anilines is 2. The first-order chi connectivity index (χ1) is 21.7.